The average molecular weight is 434 g/mol. The fourth-order valence-electron chi connectivity index (χ4n) is 3.90. The molecule has 1 amide bonds. The van der Waals surface area contributed by atoms with Gasteiger partial charge in [-0.15, -0.1) is 0 Å². The molecule has 1 aromatic carbocycles. The largest absolute Gasteiger partial charge is 0.318 e. The van der Waals surface area contributed by atoms with Crippen LogP contribution in [0.25, 0.3) is 11.8 Å². The topological polar surface area (TPSA) is 73.8 Å². The third-order valence-electron chi connectivity index (χ3n) is 5.83. The first-order valence-electron chi connectivity index (χ1n) is 10.6. The van der Waals surface area contributed by atoms with Gasteiger partial charge in [0.25, 0.3) is 5.91 Å². The number of carbonyl (C=O) groups is 1. The minimum absolute atomic E-state index is 0.0885. The van der Waals surface area contributed by atoms with Crippen molar-refractivity contribution in [2.24, 2.45) is 10.1 Å². The molecule has 0 spiro atoms. The Hall–Kier alpha value is -2.93. The molecule has 0 saturated carbocycles. The molecule has 3 heterocycles. The van der Waals surface area contributed by atoms with Crippen LogP contribution in [0.5, 0.6) is 0 Å². The summed E-state index contributed by atoms with van der Waals surface area (Å²) in [7, 11) is 0. The van der Waals surface area contributed by atoms with Crippen molar-refractivity contribution in [3.63, 3.8) is 0 Å². The number of benzene rings is 1. The molecule has 31 heavy (non-hydrogen) atoms. The van der Waals surface area contributed by atoms with Crippen molar-refractivity contribution in [2.45, 2.75) is 53.9 Å². The lowest BCUT2D eigenvalue weighted by molar-refractivity contribution is -0.114. The first-order valence-corrected chi connectivity index (χ1v) is 11.4. The summed E-state index contributed by atoms with van der Waals surface area (Å²) < 4.78 is 2.20. The minimum Gasteiger partial charge on any atom is -0.318 e. The Kier molecular flexibility index (Phi) is 5.71. The standard InChI is InChI=1S/C24H27N5OS/c1-6-7-11-21-27-29-22(25)19(23(30)26-24(29)31-21)13-18-12-15(3)28(17(18)5)20-10-8-9-14(2)16(20)4/h8-10,12-13,25H,6-7,11H2,1-5H3. The number of aryl methyl sites for hydroxylation is 2. The van der Waals surface area contributed by atoms with E-state index in [1.165, 1.54) is 27.9 Å². The van der Waals surface area contributed by atoms with Gasteiger partial charge in [-0.25, -0.2) is 0 Å². The van der Waals surface area contributed by atoms with Crippen LogP contribution < -0.4 is 0 Å². The van der Waals surface area contributed by atoms with Gasteiger partial charge in [-0.1, -0.05) is 25.5 Å². The first kappa shape index (κ1) is 21.3. The zero-order valence-electron chi connectivity index (χ0n) is 18.6. The van der Waals surface area contributed by atoms with Gasteiger partial charge in [0.05, 0.1) is 5.57 Å². The van der Waals surface area contributed by atoms with Crippen LogP contribution in [0.1, 0.15) is 54.3 Å². The molecule has 0 radical (unpaired) electrons. The molecule has 6 nitrogen and oxygen atoms in total. The van der Waals surface area contributed by atoms with Crippen molar-refractivity contribution in [1.29, 1.82) is 5.41 Å². The van der Waals surface area contributed by atoms with Gasteiger partial charge in [0, 0.05) is 17.1 Å². The smallest absolute Gasteiger partial charge is 0.283 e. The van der Waals surface area contributed by atoms with Crippen molar-refractivity contribution in [3.8, 4) is 5.69 Å². The number of thioether (sulfide) groups is 1. The maximum absolute atomic E-state index is 12.7. The lowest BCUT2D eigenvalue weighted by Gasteiger charge is -2.20. The highest BCUT2D eigenvalue weighted by Gasteiger charge is 2.35. The molecule has 0 fully saturated rings. The highest BCUT2D eigenvalue weighted by molar-refractivity contribution is 8.26. The Morgan fingerprint density at radius 3 is 2.71 bits per heavy atom. The molecular formula is C24H27N5OS. The number of hydrogen-bond acceptors (Lipinski definition) is 4. The summed E-state index contributed by atoms with van der Waals surface area (Å²) in [6.07, 6.45) is 4.72. The Balaban J connectivity index is 1.72. The summed E-state index contributed by atoms with van der Waals surface area (Å²) in [6.45, 7) is 10.5. The fraction of sp³-hybridized carbons (Fsp3) is 0.333. The number of aromatic nitrogens is 1. The number of carbonyl (C=O) groups excluding carboxylic acids is 1. The highest BCUT2D eigenvalue weighted by atomic mass is 32.2. The van der Waals surface area contributed by atoms with Crippen LogP contribution in [-0.4, -0.2) is 31.5 Å². The van der Waals surface area contributed by atoms with Gasteiger partial charge in [0.2, 0.25) is 5.17 Å². The van der Waals surface area contributed by atoms with E-state index in [4.69, 9.17) is 5.41 Å². The SMILES string of the molecule is CCCCC1=NN2C(=N)C(=Cc3cc(C)n(-c4cccc(C)c4C)c3C)C(=O)N=C2S1. The number of hydrogen-bond donors (Lipinski definition) is 1. The van der Waals surface area contributed by atoms with Gasteiger partial charge >= 0.3 is 0 Å². The van der Waals surface area contributed by atoms with Crippen LogP contribution in [-0.2, 0) is 4.79 Å². The quantitative estimate of drug-likeness (QED) is 0.631. The molecule has 0 bridgehead atoms. The van der Waals surface area contributed by atoms with E-state index in [9.17, 15) is 4.79 Å². The molecule has 4 rings (SSSR count). The number of fused-ring (bicyclic) bond motifs is 1. The normalized spacial score (nSPS) is 17.3. The Bertz CT molecular complexity index is 1180. The van der Waals surface area contributed by atoms with Crippen LogP contribution in [0.2, 0.25) is 0 Å². The van der Waals surface area contributed by atoms with Crippen molar-refractivity contribution < 1.29 is 4.79 Å². The fourth-order valence-corrected chi connectivity index (χ4v) is 4.83. The van der Waals surface area contributed by atoms with Crippen LogP contribution in [0.4, 0.5) is 0 Å². The van der Waals surface area contributed by atoms with Gasteiger partial charge in [0.1, 0.15) is 5.04 Å². The van der Waals surface area contributed by atoms with E-state index in [1.54, 1.807) is 6.08 Å². The summed E-state index contributed by atoms with van der Waals surface area (Å²) >= 11 is 1.39. The molecule has 0 unspecified atom stereocenters. The molecule has 2 aromatic rings. The Labute approximate surface area is 187 Å². The summed E-state index contributed by atoms with van der Waals surface area (Å²) in [5, 5.41) is 16.0. The zero-order valence-corrected chi connectivity index (χ0v) is 19.4. The maximum Gasteiger partial charge on any atom is 0.283 e. The minimum atomic E-state index is -0.382. The predicted molar refractivity (Wildman–Crippen MR) is 129 cm³/mol. The van der Waals surface area contributed by atoms with Crippen molar-refractivity contribution in [3.05, 3.63) is 57.9 Å². The summed E-state index contributed by atoms with van der Waals surface area (Å²) in [6, 6.07) is 8.33. The lowest BCUT2D eigenvalue weighted by Crippen LogP contribution is -2.35. The molecule has 2 aliphatic rings. The number of nitrogens with zero attached hydrogens (tertiary/aromatic N) is 4. The van der Waals surface area contributed by atoms with E-state index in [0.29, 0.717) is 5.17 Å². The molecule has 0 atom stereocenters. The summed E-state index contributed by atoms with van der Waals surface area (Å²) in [5.41, 5.74) is 6.87. The van der Waals surface area contributed by atoms with Gasteiger partial charge in [-0.05, 0) is 87.2 Å². The molecule has 1 N–H and O–H groups in total. The number of amides is 1. The van der Waals surface area contributed by atoms with E-state index >= 15 is 0 Å². The van der Waals surface area contributed by atoms with E-state index in [2.05, 4.69) is 66.6 Å². The number of amidine groups is 2. The second kappa shape index (κ2) is 8.30. The molecule has 2 aliphatic heterocycles. The number of rotatable bonds is 5. The van der Waals surface area contributed by atoms with Gasteiger partial charge < -0.3 is 4.57 Å². The number of aliphatic imine (C=N–C) groups is 1. The van der Waals surface area contributed by atoms with Gasteiger partial charge in [-0.3, -0.25) is 10.2 Å². The third-order valence-corrected chi connectivity index (χ3v) is 6.80. The van der Waals surface area contributed by atoms with Crippen molar-refractivity contribution in [1.82, 2.24) is 9.58 Å². The van der Waals surface area contributed by atoms with E-state index in [1.807, 2.05) is 6.92 Å². The predicted octanol–water partition coefficient (Wildman–Crippen LogP) is 5.52. The number of nitrogens with one attached hydrogen (secondary N) is 1. The second-order valence-electron chi connectivity index (χ2n) is 8.00. The van der Waals surface area contributed by atoms with E-state index in [0.717, 1.165) is 46.9 Å². The molecule has 0 aliphatic carbocycles. The van der Waals surface area contributed by atoms with E-state index in [-0.39, 0.29) is 17.3 Å². The zero-order chi connectivity index (χ0) is 22.3. The molecular weight excluding hydrogens is 406 g/mol. The summed E-state index contributed by atoms with van der Waals surface area (Å²) in [5.74, 6) is -0.294. The molecule has 1 aromatic heterocycles. The molecule has 0 saturated heterocycles. The van der Waals surface area contributed by atoms with Crippen molar-refractivity contribution >= 4 is 39.8 Å². The van der Waals surface area contributed by atoms with Gasteiger partial charge in [0.15, 0.2) is 5.84 Å². The first-order chi connectivity index (χ1) is 14.8. The monoisotopic (exact) mass is 433 g/mol. The van der Waals surface area contributed by atoms with Crippen LogP contribution in [0.3, 0.4) is 0 Å². The van der Waals surface area contributed by atoms with Gasteiger partial charge in [-0.2, -0.15) is 15.1 Å². The van der Waals surface area contributed by atoms with E-state index < -0.39 is 0 Å². The number of hydrazone groups is 1. The van der Waals surface area contributed by atoms with Crippen molar-refractivity contribution in [2.75, 3.05) is 0 Å². The molecule has 7 heteroatoms. The average Bonchev–Trinajstić information content (AvgIpc) is 3.26. The van der Waals surface area contributed by atoms with Crippen LogP contribution in [0.15, 0.2) is 39.9 Å². The Morgan fingerprint density at radius 1 is 1.19 bits per heavy atom. The third kappa shape index (κ3) is 3.78. The van der Waals surface area contributed by atoms with Crippen LogP contribution >= 0.6 is 11.8 Å². The maximum atomic E-state index is 12.7. The Morgan fingerprint density at radius 2 is 1.97 bits per heavy atom. The number of unbranched alkanes of at least 4 members (excludes halogenated alkanes) is 1. The van der Waals surface area contributed by atoms with Crippen LogP contribution in [0, 0.1) is 33.1 Å². The molecule has 160 valence electrons. The second-order valence-corrected chi connectivity index (χ2v) is 9.04. The summed E-state index contributed by atoms with van der Waals surface area (Å²) in [4.78, 5) is 17.0. The highest BCUT2D eigenvalue weighted by Crippen LogP contribution is 2.31. The lowest BCUT2D eigenvalue weighted by atomic mass is 10.1.